The lowest BCUT2D eigenvalue weighted by molar-refractivity contribution is -0.915. The molecular formula is C21H24ClNO6. The van der Waals surface area contributed by atoms with Crippen LogP contribution in [0.15, 0.2) is 36.4 Å². The van der Waals surface area contributed by atoms with E-state index in [0.29, 0.717) is 17.5 Å². The molecule has 1 aliphatic rings. The van der Waals surface area contributed by atoms with Crippen LogP contribution in [0.5, 0.6) is 11.5 Å². The molecule has 7 nitrogen and oxygen atoms in total. The van der Waals surface area contributed by atoms with Gasteiger partial charge in [0.15, 0.2) is 17.5 Å². The van der Waals surface area contributed by atoms with Gasteiger partial charge in [0.2, 0.25) is 0 Å². The second-order valence-corrected chi connectivity index (χ2v) is 7.28. The number of aryl methyl sites for hydroxylation is 1. The summed E-state index contributed by atoms with van der Waals surface area (Å²) < 4.78 is 5.24. The summed E-state index contributed by atoms with van der Waals surface area (Å²) in [5.41, 5.74) is 3.60. The number of rotatable bonds is 4. The lowest BCUT2D eigenvalue weighted by Gasteiger charge is -2.32. The Kier molecular flexibility index (Phi) is 7.87. The summed E-state index contributed by atoms with van der Waals surface area (Å²) in [6, 6.07) is 12.5. The summed E-state index contributed by atoms with van der Waals surface area (Å²) in [4.78, 5) is 19.5. The molecule has 1 heterocycles. The monoisotopic (exact) mass is 421 g/mol. The zero-order valence-corrected chi connectivity index (χ0v) is 17.0. The summed E-state index contributed by atoms with van der Waals surface area (Å²) >= 11 is 5.95. The number of aromatic hydroxyl groups is 1. The van der Waals surface area contributed by atoms with Crippen LogP contribution in [-0.2, 0) is 22.4 Å². The smallest absolute Gasteiger partial charge is 0.351 e. The number of benzene rings is 2. The van der Waals surface area contributed by atoms with Gasteiger partial charge in [0.05, 0.1) is 20.7 Å². The Morgan fingerprint density at radius 2 is 1.86 bits per heavy atom. The van der Waals surface area contributed by atoms with Crippen LogP contribution in [0.3, 0.4) is 0 Å². The summed E-state index contributed by atoms with van der Waals surface area (Å²) in [6.45, 7) is 1.03. The number of carbonyl (C=O) groups excluding carboxylic acids is 1. The molecule has 0 spiro atoms. The first-order chi connectivity index (χ1) is 13.7. The first-order valence-corrected chi connectivity index (χ1v) is 9.52. The number of likely N-dealkylation sites (N-methyl/N-ethyl adjacent to an activating group) is 1. The first kappa shape index (κ1) is 22.5. The standard InChI is InChI=1S/C19H22ClNO2.C2H2O4/c1-21-12-11-16-15(8-10-18(23-2)19(16)22)17(21)9-5-13-3-6-14(20)7-4-13;3-1(4)2(5)6/h3-4,6-8,10,17,22H,5,9,11-12H2,1-2H3;(H,3,4)(H,5,6). The van der Waals surface area contributed by atoms with Gasteiger partial charge in [-0.25, -0.2) is 4.79 Å². The number of phenolic OH excluding ortho intramolecular Hbond substituents is 1. The highest BCUT2D eigenvalue weighted by atomic mass is 35.5. The highest BCUT2D eigenvalue weighted by Gasteiger charge is 2.30. The van der Waals surface area contributed by atoms with Gasteiger partial charge in [0.1, 0.15) is 6.04 Å². The Labute approximate surface area is 174 Å². The molecule has 3 rings (SSSR count). The third-order valence-electron chi connectivity index (χ3n) is 5.05. The average molecular weight is 422 g/mol. The second kappa shape index (κ2) is 10.1. The summed E-state index contributed by atoms with van der Waals surface area (Å²) in [5, 5.41) is 27.5. The van der Waals surface area contributed by atoms with Gasteiger partial charge in [-0.05, 0) is 36.2 Å². The zero-order chi connectivity index (χ0) is 21.6. The molecule has 29 heavy (non-hydrogen) atoms. The van der Waals surface area contributed by atoms with Gasteiger partial charge in [-0.1, -0.05) is 23.7 Å². The number of hydrogen-bond donors (Lipinski definition) is 3. The third-order valence-corrected chi connectivity index (χ3v) is 5.30. The largest absolute Gasteiger partial charge is 0.539 e. The normalized spacial score (nSPS) is 17.5. The van der Waals surface area contributed by atoms with Crippen LogP contribution in [-0.4, -0.2) is 42.9 Å². The molecule has 0 saturated carbocycles. The highest BCUT2D eigenvalue weighted by molar-refractivity contribution is 6.30. The number of methoxy groups -OCH3 is 1. The van der Waals surface area contributed by atoms with Gasteiger partial charge in [-0.3, -0.25) is 0 Å². The number of phenols is 1. The Balaban J connectivity index is 0.000000438. The van der Waals surface area contributed by atoms with E-state index in [-0.39, 0.29) is 0 Å². The molecule has 0 aromatic heterocycles. The van der Waals surface area contributed by atoms with E-state index in [4.69, 9.17) is 36.1 Å². The number of fused-ring (bicyclic) bond motifs is 1. The predicted octanol–water partition coefficient (Wildman–Crippen LogP) is 0.620. The maximum absolute atomic E-state index is 10.4. The van der Waals surface area contributed by atoms with Crippen LogP contribution in [0, 0.1) is 0 Å². The first-order valence-electron chi connectivity index (χ1n) is 9.14. The minimum Gasteiger partial charge on any atom is -0.539 e. The molecule has 2 aromatic rings. The number of hydrogen-bond acceptors (Lipinski definition) is 5. The summed E-state index contributed by atoms with van der Waals surface area (Å²) in [6.07, 6.45) is 2.94. The summed E-state index contributed by atoms with van der Waals surface area (Å²) in [7, 11) is 3.83. The van der Waals surface area contributed by atoms with Crippen LogP contribution < -0.4 is 14.7 Å². The number of nitrogens with one attached hydrogen (secondary N) is 1. The molecule has 0 saturated heterocycles. The number of halogens is 1. The lowest BCUT2D eigenvalue weighted by atomic mass is 9.88. The molecule has 0 fully saturated rings. The fourth-order valence-corrected chi connectivity index (χ4v) is 3.64. The van der Waals surface area contributed by atoms with Crippen LogP contribution in [0.25, 0.3) is 0 Å². The number of ether oxygens (including phenoxy) is 1. The van der Waals surface area contributed by atoms with Gasteiger partial charge in [-0.2, -0.15) is 0 Å². The van der Waals surface area contributed by atoms with E-state index in [1.807, 2.05) is 18.2 Å². The van der Waals surface area contributed by atoms with Crippen molar-refractivity contribution < 1.29 is 34.5 Å². The van der Waals surface area contributed by atoms with Crippen molar-refractivity contribution in [1.82, 2.24) is 0 Å². The second-order valence-electron chi connectivity index (χ2n) is 6.84. The maximum Gasteiger partial charge on any atom is 0.351 e. The average Bonchev–Trinajstić information content (AvgIpc) is 2.69. The van der Waals surface area contributed by atoms with E-state index in [1.165, 1.54) is 16.0 Å². The van der Waals surface area contributed by atoms with Crippen molar-refractivity contribution in [1.29, 1.82) is 0 Å². The van der Waals surface area contributed by atoms with Crippen molar-refractivity contribution >= 4 is 23.5 Å². The molecule has 8 heteroatoms. The van der Waals surface area contributed by atoms with Gasteiger partial charge >= 0.3 is 5.97 Å². The molecule has 0 amide bonds. The van der Waals surface area contributed by atoms with Gasteiger partial charge in [-0.15, -0.1) is 0 Å². The Bertz CT molecular complexity index is 856. The van der Waals surface area contributed by atoms with E-state index in [2.05, 4.69) is 25.2 Å². The van der Waals surface area contributed by atoms with Gasteiger partial charge in [0, 0.05) is 29.0 Å². The number of quaternary nitrogens is 1. The predicted molar refractivity (Wildman–Crippen MR) is 105 cm³/mol. The van der Waals surface area contributed by atoms with Crippen LogP contribution >= 0.6 is 11.6 Å². The van der Waals surface area contributed by atoms with Crippen LogP contribution in [0.4, 0.5) is 0 Å². The maximum atomic E-state index is 10.4. The Morgan fingerprint density at radius 1 is 1.24 bits per heavy atom. The fourth-order valence-electron chi connectivity index (χ4n) is 3.51. The fraction of sp³-hybridized carbons (Fsp3) is 0.333. The molecular weight excluding hydrogens is 398 g/mol. The quantitative estimate of drug-likeness (QED) is 0.624. The minimum absolute atomic E-state index is 0.314. The Morgan fingerprint density at radius 3 is 2.41 bits per heavy atom. The molecule has 0 bridgehead atoms. The molecule has 2 atom stereocenters. The molecule has 2 unspecified atom stereocenters. The molecule has 1 aliphatic heterocycles. The molecule has 3 N–H and O–H groups in total. The van der Waals surface area contributed by atoms with Gasteiger partial charge < -0.3 is 29.8 Å². The van der Waals surface area contributed by atoms with E-state index < -0.39 is 11.9 Å². The SMILES string of the molecule is COc1ccc2c(c1O)CC[NH+](C)C2CCc1ccc(Cl)cc1.O=C([O-])C(=O)O. The van der Waals surface area contributed by atoms with Crippen molar-refractivity contribution in [3.8, 4) is 11.5 Å². The topological polar surface area (TPSA) is 111 Å². The number of aliphatic carboxylic acids is 2. The number of carboxylic acid groups (broad SMARTS) is 2. The van der Waals surface area contributed by atoms with Gasteiger partial charge in [0.25, 0.3) is 0 Å². The van der Waals surface area contributed by atoms with E-state index in [0.717, 1.165) is 36.4 Å². The number of carboxylic acids is 2. The zero-order valence-electron chi connectivity index (χ0n) is 16.3. The minimum atomic E-state index is -2.07. The highest BCUT2D eigenvalue weighted by Crippen LogP contribution is 2.36. The third kappa shape index (κ3) is 5.85. The van der Waals surface area contributed by atoms with E-state index >= 15 is 0 Å². The van der Waals surface area contributed by atoms with Crippen molar-refractivity contribution in [3.63, 3.8) is 0 Å². The van der Waals surface area contributed by atoms with Crippen LogP contribution in [0.1, 0.15) is 29.2 Å². The number of carbonyl (C=O) groups is 2. The van der Waals surface area contributed by atoms with Crippen molar-refractivity contribution in [2.45, 2.75) is 25.3 Å². The van der Waals surface area contributed by atoms with E-state index in [1.54, 1.807) is 7.11 Å². The Hall–Kier alpha value is -2.77. The van der Waals surface area contributed by atoms with Crippen molar-refractivity contribution in [2.75, 3.05) is 20.7 Å². The van der Waals surface area contributed by atoms with Crippen LogP contribution in [0.2, 0.25) is 5.02 Å². The molecule has 0 radical (unpaired) electrons. The lowest BCUT2D eigenvalue weighted by Crippen LogP contribution is -3.10. The molecule has 0 aliphatic carbocycles. The molecule has 2 aromatic carbocycles. The molecule has 156 valence electrons. The summed E-state index contributed by atoms with van der Waals surface area (Å²) in [5.74, 6) is -3.13. The van der Waals surface area contributed by atoms with E-state index in [9.17, 15) is 5.11 Å². The van der Waals surface area contributed by atoms with Crippen molar-refractivity contribution in [3.05, 3.63) is 58.1 Å². The van der Waals surface area contributed by atoms with Crippen molar-refractivity contribution in [2.24, 2.45) is 0 Å².